The van der Waals surface area contributed by atoms with E-state index in [0.29, 0.717) is 18.8 Å². The molecular formula is C16H18N2O3. The van der Waals surface area contributed by atoms with Crippen molar-refractivity contribution in [3.63, 3.8) is 0 Å². The number of ether oxygens (including phenoxy) is 1. The van der Waals surface area contributed by atoms with Crippen LogP contribution in [0.25, 0.3) is 11.3 Å². The molecule has 0 aliphatic rings. The molecule has 1 N–H and O–H groups in total. The normalized spacial score (nSPS) is 10.4. The van der Waals surface area contributed by atoms with Gasteiger partial charge in [0.25, 0.3) is 0 Å². The lowest BCUT2D eigenvalue weighted by Gasteiger charge is -2.06. The first kappa shape index (κ1) is 14.8. The molecule has 0 saturated heterocycles. The Morgan fingerprint density at radius 2 is 2.05 bits per heavy atom. The fraction of sp³-hybridized carbons (Fsp3) is 0.250. The summed E-state index contributed by atoms with van der Waals surface area (Å²) in [6.07, 6.45) is 0. The summed E-state index contributed by atoms with van der Waals surface area (Å²) in [6.45, 7) is 8.54. The van der Waals surface area contributed by atoms with E-state index in [0.717, 1.165) is 16.9 Å². The number of carboxylic acid groups (broad SMARTS) is 1. The molecule has 21 heavy (non-hydrogen) atoms. The summed E-state index contributed by atoms with van der Waals surface area (Å²) >= 11 is 0. The van der Waals surface area contributed by atoms with Gasteiger partial charge in [-0.2, -0.15) is 5.10 Å². The molecule has 0 fully saturated rings. The molecule has 1 heterocycles. The molecule has 0 unspecified atom stereocenters. The number of nitrogens with zero attached hydrogens (tertiary/aromatic N) is 2. The third kappa shape index (κ3) is 3.51. The first-order valence-electron chi connectivity index (χ1n) is 6.70. The SMILES string of the molecule is C=C(C)COc1ccc(-c2cc(C(=O)O)n(CC)n2)cc1. The van der Waals surface area contributed by atoms with Crippen LogP contribution in [0.2, 0.25) is 0 Å². The van der Waals surface area contributed by atoms with E-state index in [1.807, 2.05) is 38.1 Å². The van der Waals surface area contributed by atoms with E-state index >= 15 is 0 Å². The van der Waals surface area contributed by atoms with E-state index in [1.165, 1.54) is 4.68 Å². The molecule has 2 aromatic rings. The minimum absolute atomic E-state index is 0.190. The summed E-state index contributed by atoms with van der Waals surface area (Å²) < 4.78 is 7.00. The Kier molecular flexibility index (Phi) is 4.42. The Balaban J connectivity index is 2.22. The van der Waals surface area contributed by atoms with Gasteiger partial charge in [0.1, 0.15) is 18.1 Å². The number of carboxylic acids is 1. The second kappa shape index (κ2) is 6.26. The van der Waals surface area contributed by atoms with Gasteiger partial charge in [-0.25, -0.2) is 4.79 Å². The Morgan fingerprint density at radius 1 is 1.38 bits per heavy atom. The Labute approximate surface area is 123 Å². The summed E-state index contributed by atoms with van der Waals surface area (Å²) in [6, 6.07) is 8.98. The molecule has 1 aromatic heterocycles. The number of rotatable bonds is 6. The molecule has 5 heteroatoms. The lowest BCUT2D eigenvalue weighted by molar-refractivity contribution is 0.0683. The summed E-state index contributed by atoms with van der Waals surface area (Å²) in [4.78, 5) is 11.1. The lowest BCUT2D eigenvalue weighted by atomic mass is 10.1. The zero-order valence-corrected chi connectivity index (χ0v) is 12.2. The third-order valence-corrected chi connectivity index (χ3v) is 2.93. The number of aryl methyl sites for hydroxylation is 1. The first-order chi connectivity index (χ1) is 10.0. The summed E-state index contributed by atoms with van der Waals surface area (Å²) in [5.41, 5.74) is 2.63. The van der Waals surface area contributed by atoms with E-state index in [2.05, 4.69) is 11.7 Å². The largest absolute Gasteiger partial charge is 0.489 e. The van der Waals surface area contributed by atoms with Crippen LogP contribution in [0.4, 0.5) is 0 Å². The van der Waals surface area contributed by atoms with E-state index < -0.39 is 5.97 Å². The van der Waals surface area contributed by atoms with Gasteiger partial charge >= 0.3 is 5.97 Å². The summed E-state index contributed by atoms with van der Waals surface area (Å²) in [5, 5.41) is 13.4. The average Bonchev–Trinajstić information content (AvgIpc) is 2.90. The summed E-state index contributed by atoms with van der Waals surface area (Å²) in [7, 11) is 0. The summed E-state index contributed by atoms with van der Waals surface area (Å²) in [5.74, 6) is -0.229. The minimum Gasteiger partial charge on any atom is -0.489 e. The lowest BCUT2D eigenvalue weighted by Crippen LogP contribution is -2.07. The Hall–Kier alpha value is -2.56. The monoisotopic (exact) mass is 286 g/mol. The second-order valence-electron chi connectivity index (χ2n) is 4.81. The van der Waals surface area contributed by atoms with Crippen molar-refractivity contribution in [2.45, 2.75) is 20.4 Å². The van der Waals surface area contributed by atoms with E-state index in [1.54, 1.807) is 6.07 Å². The predicted molar refractivity (Wildman–Crippen MR) is 80.6 cm³/mol. The molecule has 0 spiro atoms. The maximum absolute atomic E-state index is 11.1. The number of benzene rings is 1. The van der Waals surface area contributed by atoms with Crippen molar-refractivity contribution in [1.29, 1.82) is 0 Å². The molecule has 0 aliphatic heterocycles. The van der Waals surface area contributed by atoms with Crippen LogP contribution in [0, 0.1) is 0 Å². The molecule has 5 nitrogen and oxygen atoms in total. The van der Waals surface area contributed by atoms with E-state index in [4.69, 9.17) is 9.84 Å². The molecule has 0 radical (unpaired) electrons. The second-order valence-corrected chi connectivity index (χ2v) is 4.81. The van der Waals surface area contributed by atoms with Gasteiger partial charge in [-0.3, -0.25) is 4.68 Å². The predicted octanol–water partition coefficient (Wildman–Crippen LogP) is 3.22. The maximum atomic E-state index is 11.1. The fourth-order valence-electron chi connectivity index (χ4n) is 1.90. The van der Waals surface area contributed by atoms with Crippen molar-refractivity contribution in [2.75, 3.05) is 6.61 Å². The van der Waals surface area contributed by atoms with Gasteiger partial charge in [0.05, 0.1) is 5.69 Å². The molecule has 2 rings (SSSR count). The van der Waals surface area contributed by atoms with Gasteiger partial charge in [0, 0.05) is 12.1 Å². The van der Waals surface area contributed by atoms with Crippen LogP contribution in [0.1, 0.15) is 24.3 Å². The van der Waals surface area contributed by atoms with Crippen LogP contribution >= 0.6 is 0 Å². The maximum Gasteiger partial charge on any atom is 0.354 e. The van der Waals surface area contributed by atoms with Gasteiger partial charge < -0.3 is 9.84 Å². The number of carbonyl (C=O) groups is 1. The van der Waals surface area contributed by atoms with Crippen molar-refractivity contribution in [2.24, 2.45) is 0 Å². The molecule has 0 amide bonds. The molecular weight excluding hydrogens is 268 g/mol. The molecule has 110 valence electrons. The van der Waals surface area contributed by atoms with Gasteiger partial charge in [-0.1, -0.05) is 6.58 Å². The van der Waals surface area contributed by atoms with Crippen LogP contribution in [0.3, 0.4) is 0 Å². The zero-order chi connectivity index (χ0) is 15.4. The van der Waals surface area contributed by atoms with Gasteiger partial charge in [0.2, 0.25) is 0 Å². The van der Waals surface area contributed by atoms with E-state index in [9.17, 15) is 4.79 Å². The molecule has 1 aromatic carbocycles. The van der Waals surface area contributed by atoms with E-state index in [-0.39, 0.29) is 5.69 Å². The van der Waals surface area contributed by atoms with Crippen molar-refractivity contribution < 1.29 is 14.6 Å². The Bertz CT molecular complexity index is 657. The molecule has 0 bridgehead atoms. The van der Waals surface area contributed by atoms with Gasteiger partial charge in [-0.05, 0) is 49.8 Å². The smallest absolute Gasteiger partial charge is 0.354 e. The van der Waals surface area contributed by atoms with Crippen LogP contribution in [-0.2, 0) is 6.54 Å². The first-order valence-corrected chi connectivity index (χ1v) is 6.70. The number of aromatic nitrogens is 2. The highest BCUT2D eigenvalue weighted by Crippen LogP contribution is 2.22. The molecule has 0 saturated carbocycles. The topological polar surface area (TPSA) is 64.3 Å². The number of aromatic carboxylic acids is 1. The number of hydrogen-bond acceptors (Lipinski definition) is 3. The van der Waals surface area contributed by atoms with Crippen molar-refractivity contribution in [3.05, 3.63) is 48.2 Å². The van der Waals surface area contributed by atoms with Crippen molar-refractivity contribution >= 4 is 5.97 Å². The van der Waals surface area contributed by atoms with Crippen LogP contribution < -0.4 is 4.74 Å². The fourth-order valence-corrected chi connectivity index (χ4v) is 1.90. The van der Waals surface area contributed by atoms with Crippen LogP contribution in [0.5, 0.6) is 5.75 Å². The third-order valence-electron chi connectivity index (χ3n) is 2.93. The van der Waals surface area contributed by atoms with Gasteiger partial charge in [-0.15, -0.1) is 0 Å². The molecule has 0 aliphatic carbocycles. The average molecular weight is 286 g/mol. The van der Waals surface area contributed by atoms with Crippen molar-refractivity contribution in [3.8, 4) is 17.0 Å². The zero-order valence-electron chi connectivity index (χ0n) is 12.2. The highest BCUT2D eigenvalue weighted by molar-refractivity contribution is 5.87. The highest BCUT2D eigenvalue weighted by Gasteiger charge is 2.14. The van der Waals surface area contributed by atoms with Crippen LogP contribution in [0.15, 0.2) is 42.5 Å². The Morgan fingerprint density at radius 3 is 2.52 bits per heavy atom. The van der Waals surface area contributed by atoms with Crippen molar-refractivity contribution in [1.82, 2.24) is 9.78 Å². The number of hydrogen-bond donors (Lipinski definition) is 1. The minimum atomic E-state index is -0.975. The van der Waals surface area contributed by atoms with Gasteiger partial charge in [0.15, 0.2) is 0 Å². The standard InChI is InChI=1S/C16H18N2O3/c1-4-18-15(16(19)20)9-14(17-18)12-5-7-13(8-6-12)21-10-11(2)3/h5-9H,2,4,10H2,1,3H3,(H,19,20). The van der Waals surface area contributed by atoms with Crippen LogP contribution in [-0.4, -0.2) is 27.5 Å². The highest BCUT2D eigenvalue weighted by atomic mass is 16.5. The molecule has 0 atom stereocenters. The quantitative estimate of drug-likeness (QED) is 0.828.